The van der Waals surface area contributed by atoms with Crippen LogP contribution in [0.2, 0.25) is 0 Å². The first-order valence-electron chi connectivity index (χ1n) is 4.50. The van der Waals surface area contributed by atoms with Crippen molar-refractivity contribution < 1.29 is 25.8 Å². The van der Waals surface area contributed by atoms with E-state index >= 15 is 0 Å². The van der Waals surface area contributed by atoms with Crippen LogP contribution in [-0.2, 0) is 14.3 Å². The van der Waals surface area contributed by atoms with E-state index in [1.54, 1.807) is 24.1 Å². The second kappa shape index (κ2) is 5.14. The Morgan fingerprint density at radius 1 is 1.28 bits per heavy atom. The Kier molecular flexibility index (Phi) is 4.03. The summed E-state index contributed by atoms with van der Waals surface area (Å²) < 4.78 is 61.5. The number of hydrogen-bond donors (Lipinski definition) is 0. The zero-order valence-corrected chi connectivity index (χ0v) is 9.62. The van der Waals surface area contributed by atoms with Crippen molar-refractivity contribution in [3.05, 3.63) is 41.7 Å². The third-order valence-electron chi connectivity index (χ3n) is 1.72. The van der Waals surface area contributed by atoms with Crippen LogP contribution in [0.25, 0.3) is 6.08 Å². The maximum atomic E-state index is 12.1. The lowest BCUT2D eigenvalue weighted by molar-refractivity contribution is -0.0518. The van der Waals surface area contributed by atoms with Crippen molar-refractivity contribution in [3.8, 4) is 12.3 Å². The Morgan fingerprint density at radius 2 is 1.83 bits per heavy atom. The monoisotopic (exact) mass is 276 g/mol. The summed E-state index contributed by atoms with van der Waals surface area (Å²) in [6, 6.07) is 7.96. The van der Waals surface area contributed by atoms with Gasteiger partial charge in [-0.2, -0.15) is 21.6 Å². The minimum Gasteiger partial charge on any atom is -0.367 e. The molecule has 0 N–H and O–H groups in total. The molecule has 0 bridgehead atoms. The van der Waals surface area contributed by atoms with Gasteiger partial charge in [0.1, 0.15) is 0 Å². The average Bonchev–Trinajstić information content (AvgIpc) is 2.27. The Bertz CT molecular complexity index is 580. The molecule has 0 aliphatic carbocycles. The van der Waals surface area contributed by atoms with Gasteiger partial charge in [0.05, 0.1) is 0 Å². The summed E-state index contributed by atoms with van der Waals surface area (Å²) in [5.41, 5.74) is -5.09. The fourth-order valence-electron chi connectivity index (χ4n) is 0.956. The summed E-state index contributed by atoms with van der Waals surface area (Å²) in [6.07, 6.45) is 5.91. The lowest BCUT2D eigenvalue weighted by atomic mass is 10.2. The van der Waals surface area contributed by atoms with E-state index < -0.39 is 21.4 Å². The first kappa shape index (κ1) is 14.1. The molecule has 7 heteroatoms. The normalized spacial score (nSPS) is 12.9. The molecular formula is C11H7F3O3S. The zero-order valence-electron chi connectivity index (χ0n) is 8.81. The van der Waals surface area contributed by atoms with Gasteiger partial charge in [0.2, 0.25) is 0 Å². The molecule has 0 radical (unpaired) electrons. The van der Waals surface area contributed by atoms with Crippen LogP contribution in [0.1, 0.15) is 5.56 Å². The first-order valence-corrected chi connectivity index (χ1v) is 5.91. The van der Waals surface area contributed by atoms with Gasteiger partial charge >= 0.3 is 15.6 Å². The van der Waals surface area contributed by atoms with Crippen LogP contribution in [0.3, 0.4) is 0 Å². The van der Waals surface area contributed by atoms with E-state index in [0.717, 1.165) is 6.08 Å². The minimum absolute atomic E-state index is 0.419. The number of benzene rings is 1. The fraction of sp³-hybridized carbons (Fsp3) is 0.0909. The molecule has 1 aromatic rings. The maximum Gasteiger partial charge on any atom is 0.534 e. The molecule has 0 aliphatic heterocycles. The van der Waals surface area contributed by atoms with Crippen molar-refractivity contribution in [2.24, 2.45) is 0 Å². The van der Waals surface area contributed by atoms with Crippen LogP contribution in [-0.4, -0.2) is 13.9 Å². The molecule has 1 rings (SSSR count). The highest BCUT2D eigenvalue weighted by Gasteiger charge is 2.48. The highest BCUT2D eigenvalue weighted by Crippen LogP contribution is 2.26. The van der Waals surface area contributed by atoms with Crippen LogP contribution >= 0.6 is 0 Å². The van der Waals surface area contributed by atoms with E-state index in [2.05, 4.69) is 4.18 Å². The predicted molar refractivity (Wildman–Crippen MR) is 59.3 cm³/mol. The summed E-state index contributed by atoms with van der Waals surface area (Å²) in [5.74, 6) is 1.00. The van der Waals surface area contributed by atoms with Crippen LogP contribution < -0.4 is 0 Å². The van der Waals surface area contributed by atoms with Gasteiger partial charge in [-0.15, -0.1) is 6.42 Å². The van der Waals surface area contributed by atoms with Crippen LogP contribution in [0.4, 0.5) is 13.2 Å². The quantitative estimate of drug-likeness (QED) is 0.369. The van der Waals surface area contributed by atoms with E-state index in [9.17, 15) is 21.6 Å². The molecule has 0 saturated heterocycles. The maximum absolute atomic E-state index is 12.1. The van der Waals surface area contributed by atoms with Gasteiger partial charge in [-0.25, -0.2) is 0 Å². The SMILES string of the molecule is C#C/C(=C\c1ccccc1)OS(=O)(=O)C(F)(F)F. The molecule has 0 fully saturated rings. The third-order valence-corrected chi connectivity index (χ3v) is 2.69. The fourth-order valence-corrected chi connectivity index (χ4v) is 1.38. The number of alkyl halides is 3. The van der Waals surface area contributed by atoms with Crippen molar-refractivity contribution in [1.82, 2.24) is 0 Å². The van der Waals surface area contributed by atoms with Gasteiger partial charge in [-0.1, -0.05) is 30.3 Å². The standard InChI is InChI=1S/C11H7F3O3S/c1-2-10(8-9-6-4-3-5-7-9)17-18(15,16)11(12,13)14/h1,3-8H/b10-8+. The first-order chi connectivity index (χ1) is 8.26. The summed E-state index contributed by atoms with van der Waals surface area (Å²) >= 11 is 0. The number of allylic oxidation sites excluding steroid dienone is 1. The summed E-state index contributed by atoms with van der Waals surface area (Å²) in [5, 5.41) is 0. The van der Waals surface area contributed by atoms with Crippen LogP contribution in [0, 0.1) is 12.3 Å². The molecule has 0 aliphatic rings. The summed E-state index contributed by atoms with van der Waals surface area (Å²) in [7, 11) is -5.74. The second-order valence-corrected chi connectivity index (χ2v) is 4.58. The molecule has 3 nitrogen and oxygen atoms in total. The van der Waals surface area contributed by atoms with Crippen molar-refractivity contribution >= 4 is 16.2 Å². The van der Waals surface area contributed by atoms with E-state index in [4.69, 9.17) is 6.42 Å². The Hall–Kier alpha value is -1.94. The largest absolute Gasteiger partial charge is 0.534 e. The molecule has 18 heavy (non-hydrogen) atoms. The van der Waals surface area contributed by atoms with Gasteiger partial charge in [-0.05, 0) is 17.6 Å². The predicted octanol–water partition coefficient (Wildman–Crippen LogP) is 2.53. The van der Waals surface area contributed by atoms with E-state index in [1.807, 2.05) is 0 Å². The Balaban J connectivity index is 3.02. The van der Waals surface area contributed by atoms with Crippen LogP contribution in [0.5, 0.6) is 0 Å². The topological polar surface area (TPSA) is 43.4 Å². The smallest absolute Gasteiger partial charge is 0.367 e. The van der Waals surface area contributed by atoms with Crippen molar-refractivity contribution in [1.29, 1.82) is 0 Å². The number of hydrogen-bond acceptors (Lipinski definition) is 3. The Morgan fingerprint density at radius 3 is 2.28 bits per heavy atom. The van der Waals surface area contributed by atoms with E-state index in [0.29, 0.717) is 5.56 Å². The molecule has 0 aromatic heterocycles. The lowest BCUT2D eigenvalue weighted by Crippen LogP contribution is -2.25. The molecule has 0 heterocycles. The van der Waals surface area contributed by atoms with Crippen molar-refractivity contribution in [2.75, 3.05) is 0 Å². The molecule has 0 saturated carbocycles. The number of halogens is 3. The molecule has 0 unspecified atom stereocenters. The summed E-state index contributed by atoms with van der Waals surface area (Å²) in [6.45, 7) is 0. The number of terminal acetylenes is 1. The van der Waals surface area contributed by atoms with Crippen LogP contribution in [0.15, 0.2) is 36.1 Å². The highest BCUT2D eigenvalue weighted by molar-refractivity contribution is 7.87. The van der Waals surface area contributed by atoms with Gasteiger partial charge < -0.3 is 4.18 Å². The molecule has 0 amide bonds. The molecule has 0 atom stereocenters. The minimum atomic E-state index is -5.74. The summed E-state index contributed by atoms with van der Waals surface area (Å²) in [4.78, 5) is 0. The molecule has 96 valence electrons. The third kappa shape index (κ3) is 3.53. The zero-order chi connectivity index (χ0) is 13.8. The van der Waals surface area contributed by atoms with E-state index in [-0.39, 0.29) is 0 Å². The molecule has 0 spiro atoms. The Labute approximate surface area is 102 Å². The lowest BCUT2D eigenvalue weighted by Gasteiger charge is -2.08. The van der Waals surface area contributed by atoms with Gasteiger partial charge in [0.25, 0.3) is 0 Å². The van der Waals surface area contributed by atoms with E-state index in [1.165, 1.54) is 12.1 Å². The van der Waals surface area contributed by atoms with Gasteiger partial charge in [0.15, 0.2) is 5.76 Å². The van der Waals surface area contributed by atoms with Gasteiger partial charge in [-0.3, -0.25) is 0 Å². The van der Waals surface area contributed by atoms with Crippen molar-refractivity contribution in [2.45, 2.75) is 5.51 Å². The second-order valence-electron chi connectivity index (χ2n) is 3.05. The highest BCUT2D eigenvalue weighted by atomic mass is 32.2. The van der Waals surface area contributed by atoms with Crippen molar-refractivity contribution in [3.63, 3.8) is 0 Å². The average molecular weight is 276 g/mol. The molecular weight excluding hydrogens is 269 g/mol. The molecule has 1 aromatic carbocycles. The van der Waals surface area contributed by atoms with Gasteiger partial charge in [0, 0.05) is 0 Å². The number of rotatable bonds is 3.